The van der Waals surface area contributed by atoms with Crippen molar-refractivity contribution >= 4 is 0 Å². The van der Waals surface area contributed by atoms with E-state index in [9.17, 15) is 0 Å². The Labute approximate surface area is 96.0 Å². The van der Waals surface area contributed by atoms with Gasteiger partial charge in [0.15, 0.2) is 0 Å². The Kier molecular flexibility index (Phi) is 13.8. The lowest BCUT2D eigenvalue weighted by Gasteiger charge is -2.03. The van der Waals surface area contributed by atoms with E-state index >= 15 is 0 Å². The van der Waals surface area contributed by atoms with E-state index in [1.54, 1.807) is 0 Å². The van der Waals surface area contributed by atoms with Crippen LogP contribution in [0.25, 0.3) is 0 Å². The van der Waals surface area contributed by atoms with E-state index in [-0.39, 0.29) is 0 Å². The summed E-state index contributed by atoms with van der Waals surface area (Å²) in [6.45, 7) is 6.91. The summed E-state index contributed by atoms with van der Waals surface area (Å²) in [4.78, 5) is 0. The second kappa shape index (κ2) is 13.9. The van der Waals surface area contributed by atoms with Crippen LogP contribution in [0.15, 0.2) is 0 Å². The Hall–Kier alpha value is -0.0800. The van der Waals surface area contributed by atoms with Crippen molar-refractivity contribution in [2.75, 3.05) is 19.6 Å². The summed E-state index contributed by atoms with van der Waals surface area (Å²) in [7, 11) is 0. The fourth-order valence-corrected chi connectivity index (χ4v) is 1.66. The Bertz CT molecular complexity index is 92.7. The van der Waals surface area contributed by atoms with E-state index in [1.807, 2.05) is 0 Å². The average molecular weight is 213 g/mol. The SMILES string of the molecule is [CH2]CCCCCCCCCNCCCN. The summed E-state index contributed by atoms with van der Waals surface area (Å²) in [6.07, 6.45) is 11.8. The van der Waals surface area contributed by atoms with Crippen molar-refractivity contribution in [2.45, 2.75) is 57.8 Å². The Morgan fingerprint density at radius 1 is 0.733 bits per heavy atom. The number of hydrogen-bond acceptors (Lipinski definition) is 2. The second-order valence-corrected chi connectivity index (χ2v) is 4.22. The van der Waals surface area contributed by atoms with Crippen molar-refractivity contribution < 1.29 is 0 Å². The van der Waals surface area contributed by atoms with Crippen molar-refractivity contribution in [3.63, 3.8) is 0 Å². The first-order valence-corrected chi connectivity index (χ1v) is 6.62. The van der Waals surface area contributed by atoms with Crippen LogP contribution in [0.5, 0.6) is 0 Å². The van der Waals surface area contributed by atoms with E-state index in [1.165, 1.54) is 51.5 Å². The number of hydrogen-bond donors (Lipinski definition) is 2. The molecule has 3 N–H and O–H groups in total. The van der Waals surface area contributed by atoms with Gasteiger partial charge in [-0.2, -0.15) is 0 Å². The summed E-state index contributed by atoms with van der Waals surface area (Å²) < 4.78 is 0. The average Bonchev–Trinajstić information content (AvgIpc) is 2.26. The minimum Gasteiger partial charge on any atom is -0.330 e. The van der Waals surface area contributed by atoms with E-state index in [0.29, 0.717) is 0 Å². The van der Waals surface area contributed by atoms with Crippen LogP contribution >= 0.6 is 0 Å². The zero-order valence-corrected chi connectivity index (χ0v) is 10.3. The first-order chi connectivity index (χ1) is 7.41. The molecule has 0 aliphatic rings. The zero-order chi connectivity index (χ0) is 11.2. The van der Waals surface area contributed by atoms with Gasteiger partial charge in [0.2, 0.25) is 0 Å². The lowest BCUT2D eigenvalue weighted by atomic mass is 10.1. The normalized spacial score (nSPS) is 10.8. The van der Waals surface area contributed by atoms with Crippen molar-refractivity contribution in [1.29, 1.82) is 0 Å². The van der Waals surface area contributed by atoms with E-state index in [2.05, 4.69) is 12.2 Å². The number of unbranched alkanes of at least 4 members (excludes halogenated alkanes) is 7. The third-order valence-corrected chi connectivity index (χ3v) is 2.66. The van der Waals surface area contributed by atoms with Crippen LogP contribution in [0, 0.1) is 6.92 Å². The molecule has 0 aliphatic carbocycles. The van der Waals surface area contributed by atoms with Gasteiger partial charge in [-0.15, -0.1) is 0 Å². The number of rotatable bonds is 12. The Morgan fingerprint density at radius 3 is 1.87 bits per heavy atom. The molecule has 0 aliphatic heterocycles. The highest BCUT2D eigenvalue weighted by atomic mass is 14.8. The van der Waals surface area contributed by atoms with Crippen molar-refractivity contribution in [2.24, 2.45) is 5.73 Å². The lowest BCUT2D eigenvalue weighted by Crippen LogP contribution is -2.19. The molecule has 91 valence electrons. The third-order valence-electron chi connectivity index (χ3n) is 2.66. The van der Waals surface area contributed by atoms with E-state index < -0.39 is 0 Å². The minimum atomic E-state index is 0.805. The molecule has 0 atom stereocenters. The summed E-state index contributed by atoms with van der Waals surface area (Å²) >= 11 is 0. The lowest BCUT2D eigenvalue weighted by molar-refractivity contribution is 0.554. The maximum atomic E-state index is 5.40. The molecule has 0 aromatic heterocycles. The maximum Gasteiger partial charge on any atom is -0.00369 e. The predicted octanol–water partition coefficient (Wildman–Crippen LogP) is 2.88. The van der Waals surface area contributed by atoms with Gasteiger partial charge in [0.05, 0.1) is 0 Å². The van der Waals surface area contributed by atoms with Crippen LogP contribution in [0.3, 0.4) is 0 Å². The van der Waals surface area contributed by atoms with Crippen LogP contribution in [-0.4, -0.2) is 19.6 Å². The van der Waals surface area contributed by atoms with Gasteiger partial charge in [-0.05, 0) is 32.5 Å². The summed E-state index contributed by atoms with van der Waals surface area (Å²) in [5.41, 5.74) is 5.40. The fraction of sp³-hybridized carbons (Fsp3) is 0.923. The Balaban J connectivity index is 2.81. The largest absolute Gasteiger partial charge is 0.330 e. The topological polar surface area (TPSA) is 38.0 Å². The van der Waals surface area contributed by atoms with Crippen LogP contribution in [-0.2, 0) is 0 Å². The van der Waals surface area contributed by atoms with Crippen LogP contribution in [0.1, 0.15) is 57.8 Å². The van der Waals surface area contributed by atoms with Crippen LogP contribution in [0.2, 0.25) is 0 Å². The molecule has 0 bridgehead atoms. The quantitative estimate of drug-likeness (QED) is 0.489. The molecular weight excluding hydrogens is 184 g/mol. The molecule has 0 fully saturated rings. The standard InChI is InChI=1S/C13H29N2/c1-2-3-4-5-6-7-8-9-12-15-13-10-11-14/h15H,1-14H2. The molecule has 0 aromatic rings. The molecule has 2 nitrogen and oxygen atoms in total. The highest BCUT2D eigenvalue weighted by molar-refractivity contribution is 4.51. The molecule has 0 heterocycles. The molecule has 0 saturated heterocycles. The monoisotopic (exact) mass is 213 g/mol. The predicted molar refractivity (Wildman–Crippen MR) is 68.8 cm³/mol. The highest BCUT2D eigenvalue weighted by Crippen LogP contribution is 2.07. The molecular formula is C13H29N2. The molecule has 2 heteroatoms. The van der Waals surface area contributed by atoms with E-state index in [4.69, 9.17) is 5.73 Å². The van der Waals surface area contributed by atoms with Crippen molar-refractivity contribution in [3.8, 4) is 0 Å². The Morgan fingerprint density at radius 2 is 1.27 bits per heavy atom. The van der Waals surface area contributed by atoms with Crippen molar-refractivity contribution in [1.82, 2.24) is 5.32 Å². The van der Waals surface area contributed by atoms with Crippen LogP contribution < -0.4 is 11.1 Å². The molecule has 0 unspecified atom stereocenters. The smallest absolute Gasteiger partial charge is 0.00369 e. The summed E-state index contributed by atoms with van der Waals surface area (Å²) in [5, 5.41) is 3.41. The van der Waals surface area contributed by atoms with Gasteiger partial charge in [0.1, 0.15) is 0 Å². The van der Waals surface area contributed by atoms with Gasteiger partial charge in [0.25, 0.3) is 0 Å². The molecule has 0 amide bonds. The third kappa shape index (κ3) is 13.9. The minimum absolute atomic E-state index is 0.805. The summed E-state index contributed by atoms with van der Waals surface area (Å²) in [5.74, 6) is 0. The molecule has 0 saturated carbocycles. The second-order valence-electron chi connectivity index (χ2n) is 4.22. The fourth-order valence-electron chi connectivity index (χ4n) is 1.66. The zero-order valence-electron chi connectivity index (χ0n) is 10.3. The molecule has 15 heavy (non-hydrogen) atoms. The van der Waals surface area contributed by atoms with Gasteiger partial charge in [-0.25, -0.2) is 0 Å². The molecule has 0 spiro atoms. The highest BCUT2D eigenvalue weighted by Gasteiger charge is 1.91. The van der Waals surface area contributed by atoms with E-state index in [0.717, 1.165) is 25.9 Å². The maximum absolute atomic E-state index is 5.40. The van der Waals surface area contributed by atoms with Gasteiger partial charge in [-0.1, -0.05) is 51.9 Å². The van der Waals surface area contributed by atoms with Gasteiger partial charge >= 0.3 is 0 Å². The number of nitrogens with one attached hydrogen (secondary N) is 1. The summed E-state index contributed by atoms with van der Waals surface area (Å²) in [6, 6.07) is 0. The van der Waals surface area contributed by atoms with Gasteiger partial charge < -0.3 is 11.1 Å². The molecule has 0 rings (SSSR count). The van der Waals surface area contributed by atoms with Crippen LogP contribution in [0.4, 0.5) is 0 Å². The van der Waals surface area contributed by atoms with Crippen molar-refractivity contribution in [3.05, 3.63) is 6.92 Å². The van der Waals surface area contributed by atoms with Gasteiger partial charge in [0, 0.05) is 0 Å². The number of nitrogens with two attached hydrogens (primary N) is 1. The first kappa shape index (κ1) is 14.9. The van der Waals surface area contributed by atoms with Gasteiger partial charge in [-0.3, -0.25) is 0 Å². The molecule has 0 aromatic carbocycles. The molecule has 1 radical (unpaired) electrons. The first-order valence-electron chi connectivity index (χ1n) is 6.62.